The summed E-state index contributed by atoms with van der Waals surface area (Å²) in [4.78, 5) is 18.8. The molecule has 4 nitrogen and oxygen atoms in total. The summed E-state index contributed by atoms with van der Waals surface area (Å²) >= 11 is 1.71. The first-order chi connectivity index (χ1) is 10.5. The van der Waals surface area contributed by atoms with E-state index in [2.05, 4.69) is 31.4 Å². The lowest BCUT2D eigenvalue weighted by atomic mass is 9.67. The minimum absolute atomic E-state index is 0. The Labute approximate surface area is 149 Å². The van der Waals surface area contributed by atoms with Crippen molar-refractivity contribution in [2.75, 3.05) is 13.1 Å². The molecular weight excluding hydrogens is 330 g/mol. The summed E-state index contributed by atoms with van der Waals surface area (Å²) in [5.74, 6) is 1.20. The molecule has 130 valence electrons. The van der Waals surface area contributed by atoms with Gasteiger partial charge in [-0.1, -0.05) is 26.7 Å². The Balaban J connectivity index is 0.00000192. The number of nitrogens with one attached hydrogen (secondary N) is 2. The number of amides is 1. The van der Waals surface area contributed by atoms with Gasteiger partial charge in [-0.25, -0.2) is 4.98 Å². The van der Waals surface area contributed by atoms with E-state index in [0.29, 0.717) is 18.4 Å². The zero-order valence-corrected chi connectivity index (χ0v) is 15.9. The van der Waals surface area contributed by atoms with Crippen molar-refractivity contribution in [3.8, 4) is 0 Å². The number of thiazole rings is 1. The van der Waals surface area contributed by atoms with Crippen LogP contribution in [-0.2, 0) is 11.3 Å². The molecule has 1 aromatic rings. The zero-order chi connectivity index (χ0) is 15.7. The van der Waals surface area contributed by atoms with Crippen LogP contribution in [0.15, 0.2) is 0 Å². The number of aromatic nitrogens is 1. The molecule has 3 rings (SSSR count). The van der Waals surface area contributed by atoms with Crippen LogP contribution in [0.2, 0.25) is 0 Å². The van der Waals surface area contributed by atoms with Crippen LogP contribution < -0.4 is 10.6 Å². The maximum Gasteiger partial charge on any atom is 0.228 e. The fraction of sp³-hybridized carbons (Fsp3) is 0.765. The molecule has 0 spiro atoms. The highest BCUT2D eigenvalue weighted by Crippen LogP contribution is 2.43. The van der Waals surface area contributed by atoms with Gasteiger partial charge in [0.15, 0.2) is 0 Å². The number of hydrogen-bond donors (Lipinski definition) is 2. The quantitative estimate of drug-likeness (QED) is 0.868. The van der Waals surface area contributed by atoms with E-state index in [0.717, 1.165) is 24.5 Å². The van der Waals surface area contributed by atoms with Gasteiger partial charge < -0.3 is 10.6 Å². The van der Waals surface area contributed by atoms with Gasteiger partial charge in [-0.3, -0.25) is 4.79 Å². The molecule has 6 heteroatoms. The van der Waals surface area contributed by atoms with Crippen molar-refractivity contribution in [3.05, 3.63) is 15.6 Å². The highest BCUT2D eigenvalue weighted by molar-refractivity contribution is 7.11. The summed E-state index contributed by atoms with van der Waals surface area (Å²) in [6.07, 6.45) is 4.67. The monoisotopic (exact) mass is 357 g/mol. The van der Waals surface area contributed by atoms with Crippen molar-refractivity contribution >= 4 is 29.7 Å². The molecule has 2 aliphatic rings. The molecule has 0 unspecified atom stereocenters. The summed E-state index contributed by atoms with van der Waals surface area (Å²) in [5, 5.41) is 7.65. The number of hydrogen-bond acceptors (Lipinski definition) is 4. The van der Waals surface area contributed by atoms with Crippen LogP contribution in [0.4, 0.5) is 0 Å². The summed E-state index contributed by atoms with van der Waals surface area (Å²) in [7, 11) is 0. The van der Waals surface area contributed by atoms with Crippen molar-refractivity contribution in [1.29, 1.82) is 0 Å². The van der Waals surface area contributed by atoms with Crippen LogP contribution in [0.3, 0.4) is 0 Å². The molecular formula is C17H28ClN3OS. The molecule has 2 fully saturated rings. The molecule has 1 saturated heterocycles. The third-order valence-electron chi connectivity index (χ3n) is 5.31. The molecule has 1 saturated carbocycles. The first-order valence-corrected chi connectivity index (χ1v) is 9.30. The van der Waals surface area contributed by atoms with E-state index in [1.807, 2.05) is 0 Å². The van der Waals surface area contributed by atoms with Crippen molar-refractivity contribution in [3.63, 3.8) is 0 Å². The largest absolute Gasteiger partial charge is 0.349 e. The Hall–Kier alpha value is -0.650. The van der Waals surface area contributed by atoms with Gasteiger partial charge in [-0.05, 0) is 38.1 Å². The van der Waals surface area contributed by atoms with Crippen molar-refractivity contribution in [2.24, 2.45) is 11.3 Å². The van der Waals surface area contributed by atoms with Gasteiger partial charge in [-0.15, -0.1) is 23.7 Å². The van der Waals surface area contributed by atoms with Gasteiger partial charge in [0.05, 0.1) is 17.7 Å². The minimum atomic E-state index is -0.161. The molecule has 0 bridgehead atoms. The second-order valence-electron chi connectivity index (χ2n) is 7.12. The van der Waals surface area contributed by atoms with Gasteiger partial charge in [0, 0.05) is 11.4 Å². The average molecular weight is 358 g/mol. The fourth-order valence-corrected chi connectivity index (χ4v) is 5.13. The zero-order valence-electron chi connectivity index (χ0n) is 14.3. The Morgan fingerprint density at radius 1 is 1.48 bits per heavy atom. The Morgan fingerprint density at radius 2 is 2.26 bits per heavy atom. The van der Waals surface area contributed by atoms with Crippen molar-refractivity contribution < 1.29 is 4.79 Å². The lowest BCUT2D eigenvalue weighted by Crippen LogP contribution is -2.47. The number of nitrogens with zero attached hydrogens (tertiary/aromatic N) is 1. The SMILES string of the molecule is Cc1sc(CNC(=O)[C@@]23CCCC[C@H]2CNC3)nc1C(C)C.Cl. The molecule has 23 heavy (non-hydrogen) atoms. The van der Waals surface area contributed by atoms with Crippen molar-refractivity contribution in [1.82, 2.24) is 15.6 Å². The molecule has 0 aromatic carbocycles. The standard InChI is InChI=1S/C17H27N3OS.ClH/c1-11(2)15-12(3)22-14(20-15)9-19-16(21)17-7-5-4-6-13(17)8-18-10-17;/h11,13,18H,4-10H2,1-3H3,(H,19,21);1H/t13-,17+;/m0./s1. The van der Waals surface area contributed by atoms with Gasteiger partial charge in [-0.2, -0.15) is 0 Å². The Bertz CT molecular complexity index is 560. The van der Waals surface area contributed by atoms with Gasteiger partial charge in [0.25, 0.3) is 0 Å². The molecule has 1 aliphatic heterocycles. The summed E-state index contributed by atoms with van der Waals surface area (Å²) < 4.78 is 0. The number of carbonyl (C=O) groups is 1. The molecule has 1 aromatic heterocycles. The smallest absolute Gasteiger partial charge is 0.228 e. The highest BCUT2D eigenvalue weighted by Gasteiger charge is 2.49. The van der Waals surface area contributed by atoms with Gasteiger partial charge in [0.1, 0.15) is 5.01 Å². The van der Waals surface area contributed by atoms with E-state index >= 15 is 0 Å². The van der Waals surface area contributed by atoms with Crippen LogP contribution in [0.5, 0.6) is 0 Å². The normalized spacial score (nSPS) is 26.7. The van der Waals surface area contributed by atoms with Gasteiger partial charge in [0.2, 0.25) is 5.91 Å². The maximum atomic E-state index is 12.8. The van der Waals surface area contributed by atoms with Crippen LogP contribution in [0.25, 0.3) is 0 Å². The van der Waals surface area contributed by atoms with Crippen LogP contribution >= 0.6 is 23.7 Å². The van der Waals surface area contributed by atoms with E-state index < -0.39 is 0 Å². The third-order valence-corrected chi connectivity index (χ3v) is 6.30. The summed E-state index contributed by atoms with van der Waals surface area (Å²) in [6.45, 7) is 8.87. The number of fused-ring (bicyclic) bond motifs is 1. The van der Waals surface area contributed by atoms with E-state index in [1.54, 1.807) is 11.3 Å². The fourth-order valence-electron chi connectivity index (χ4n) is 4.10. The summed E-state index contributed by atoms with van der Waals surface area (Å²) in [6, 6.07) is 0. The number of rotatable bonds is 4. The molecule has 2 N–H and O–H groups in total. The van der Waals surface area contributed by atoms with E-state index in [1.165, 1.54) is 29.8 Å². The van der Waals surface area contributed by atoms with Crippen LogP contribution in [0.1, 0.15) is 61.0 Å². The van der Waals surface area contributed by atoms with E-state index in [-0.39, 0.29) is 23.7 Å². The Morgan fingerprint density at radius 3 is 2.96 bits per heavy atom. The highest BCUT2D eigenvalue weighted by atomic mass is 35.5. The van der Waals surface area contributed by atoms with Gasteiger partial charge >= 0.3 is 0 Å². The van der Waals surface area contributed by atoms with E-state index in [9.17, 15) is 4.79 Å². The number of halogens is 1. The molecule has 1 aliphatic carbocycles. The van der Waals surface area contributed by atoms with E-state index in [4.69, 9.17) is 4.98 Å². The topological polar surface area (TPSA) is 54.0 Å². The maximum absolute atomic E-state index is 12.8. The predicted octanol–water partition coefficient (Wildman–Crippen LogP) is 3.39. The van der Waals surface area contributed by atoms with Crippen LogP contribution in [0, 0.1) is 18.3 Å². The van der Waals surface area contributed by atoms with Crippen LogP contribution in [-0.4, -0.2) is 24.0 Å². The Kier molecular flexibility index (Phi) is 6.09. The first-order valence-electron chi connectivity index (χ1n) is 8.48. The molecule has 2 heterocycles. The average Bonchev–Trinajstić information content (AvgIpc) is 3.08. The summed E-state index contributed by atoms with van der Waals surface area (Å²) in [5.41, 5.74) is 1.01. The molecule has 0 radical (unpaired) electrons. The second-order valence-corrected chi connectivity index (χ2v) is 8.40. The minimum Gasteiger partial charge on any atom is -0.349 e. The second kappa shape index (κ2) is 7.49. The molecule has 2 atom stereocenters. The first kappa shape index (κ1) is 18.7. The predicted molar refractivity (Wildman–Crippen MR) is 97.3 cm³/mol. The third kappa shape index (κ3) is 3.57. The van der Waals surface area contributed by atoms with Crippen molar-refractivity contribution in [2.45, 2.75) is 58.9 Å². The molecule has 1 amide bonds. The number of carbonyl (C=O) groups excluding carboxylic acids is 1. The lowest BCUT2D eigenvalue weighted by molar-refractivity contribution is -0.134. The number of aryl methyl sites for hydroxylation is 1. The lowest BCUT2D eigenvalue weighted by Gasteiger charge is -2.37.